The highest BCUT2D eigenvalue weighted by molar-refractivity contribution is 5.85. The summed E-state index contributed by atoms with van der Waals surface area (Å²) in [5, 5.41) is 22.9. The van der Waals surface area contributed by atoms with Crippen molar-refractivity contribution in [3.8, 4) is 5.75 Å². The SMILES string of the molecule is COc1ccc2ncc(CN3CCOCC3)c([C@H](O)CCC3(C(=O)O)CCN(CCCc4ccccc4)CC3)c2c1. The van der Waals surface area contributed by atoms with Gasteiger partial charge in [0.05, 0.1) is 37.4 Å². The maximum atomic E-state index is 12.6. The van der Waals surface area contributed by atoms with Gasteiger partial charge in [-0.15, -0.1) is 0 Å². The number of ether oxygens (including phenoxy) is 2. The van der Waals surface area contributed by atoms with Gasteiger partial charge in [-0.05, 0) is 93.0 Å². The first-order valence-corrected chi connectivity index (χ1v) is 14.9. The molecule has 2 aliphatic heterocycles. The molecule has 3 aromatic rings. The Morgan fingerprint density at radius 2 is 1.83 bits per heavy atom. The van der Waals surface area contributed by atoms with Crippen LogP contribution in [0.15, 0.2) is 54.7 Å². The van der Waals surface area contributed by atoms with E-state index in [1.54, 1.807) is 7.11 Å². The third kappa shape index (κ3) is 7.25. The average molecular weight is 562 g/mol. The van der Waals surface area contributed by atoms with Crippen LogP contribution in [0.5, 0.6) is 5.75 Å². The number of carbonyl (C=O) groups is 1. The maximum absolute atomic E-state index is 12.6. The molecular weight excluding hydrogens is 518 g/mol. The second-order valence-electron chi connectivity index (χ2n) is 11.5. The highest BCUT2D eigenvalue weighted by Crippen LogP contribution is 2.40. The first-order chi connectivity index (χ1) is 20.0. The van der Waals surface area contributed by atoms with Crippen molar-refractivity contribution >= 4 is 16.9 Å². The Morgan fingerprint density at radius 1 is 1.07 bits per heavy atom. The molecule has 220 valence electrons. The number of benzene rings is 2. The summed E-state index contributed by atoms with van der Waals surface area (Å²) in [5.74, 6) is -0.0404. The van der Waals surface area contributed by atoms with Crippen LogP contribution in [0.3, 0.4) is 0 Å². The Kier molecular flexibility index (Phi) is 9.88. The number of likely N-dealkylation sites (tertiary alicyclic amines) is 1. The van der Waals surface area contributed by atoms with E-state index in [2.05, 4.69) is 39.0 Å². The van der Waals surface area contributed by atoms with Gasteiger partial charge in [0.15, 0.2) is 0 Å². The van der Waals surface area contributed by atoms with E-state index in [9.17, 15) is 15.0 Å². The molecule has 0 aliphatic carbocycles. The van der Waals surface area contributed by atoms with E-state index in [4.69, 9.17) is 9.47 Å². The Balaban J connectivity index is 1.27. The number of rotatable bonds is 12. The Labute approximate surface area is 242 Å². The molecule has 8 heteroatoms. The Hall–Kier alpha value is -3.04. The van der Waals surface area contributed by atoms with Gasteiger partial charge in [0.2, 0.25) is 0 Å². The molecule has 0 saturated carbocycles. The zero-order chi connectivity index (χ0) is 28.7. The van der Waals surface area contributed by atoms with Gasteiger partial charge in [0.1, 0.15) is 5.75 Å². The van der Waals surface area contributed by atoms with Gasteiger partial charge in [-0.25, -0.2) is 0 Å². The molecule has 8 nitrogen and oxygen atoms in total. The molecule has 1 aromatic heterocycles. The Bertz CT molecular complexity index is 1290. The van der Waals surface area contributed by atoms with E-state index in [1.807, 2.05) is 30.5 Å². The zero-order valence-corrected chi connectivity index (χ0v) is 24.1. The molecule has 2 aliphatic rings. The van der Waals surface area contributed by atoms with E-state index in [1.165, 1.54) is 5.56 Å². The van der Waals surface area contributed by atoms with E-state index in [0.717, 1.165) is 67.6 Å². The number of aliphatic hydroxyl groups is 1. The van der Waals surface area contributed by atoms with Crippen molar-refractivity contribution in [3.63, 3.8) is 0 Å². The van der Waals surface area contributed by atoms with Gasteiger partial charge in [-0.2, -0.15) is 0 Å². The largest absolute Gasteiger partial charge is 0.497 e. The number of carboxylic acid groups (broad SMARTS) is 1. The number of aliphatic carboxylic acids is 1. The highest BCUT2D eigenvalue weighted by Gasteiger charge is 2.41. The number of hydrogen-bond donors (Lipinski definition) is 2. The van der Waals surface area contributed by atoms with E-state index in [-0.39, 0.29) is 0 Å². The van der Waals surface area contributed by atoms with Crippen LogP contribution in [0.2, 0.25) is 0 Å². The summed E-state index contributed by atoms with van der Waals surface area (Å²) in [6, 6.07) is 16.2. The van der Waals surface area contributed by atoms with Gasteiger partial charge in [-0.3, -0.25) is 14.7 Å². The topological polar surface area (TPSA) is 95.4 Å². The number of carboxylic acids is 1. The third-order valence-corrected chi connectivity index (χ3v) is 8.98. The standard InChI is InChI=1S/C33H43N3O5/c1-40-27-9-10-29-28(22-27)31(26(23-34-29)24-36-18-20-41-21-19-36)30(37)11-12-33(32(38)39)13-16-35(17-14-33)15-5-8-25-6-3-2-4-7-25/h2-4,6-7,9-10,22-23,30,37H,5,8,11-21,24H2,1H3,(H,38,39)/t30-/m1/s1. The van der Waals surface area contributed by atoms with Crippen molar-refractivity contribution in [2.75, 3.05) is 53.0 Å². The lowest BCUT2D eigenvalue weighted by atomic mass is 9.73. The molecule has 2 aromatic carbocycles. The lowest BCUT2D eigenvalue weighted by Gasteiger charge is -2.39. The van der Waals surface area contributed by atoms with Crippen LogP contribution in [0.4, 0.5) is 0 Å². The van der Waals surface area contributed by atoms with Crippen LogP contribution in [0.25, 0.3) is 10.9 Å². The average Bonchev–Trinajstić information content (AvgIpc) is 3.01. The number of pyridine rings is 1. The number of piperidine rings is 1. The number of morpholine rings is 1. The van der Waals surface area contributed by atoms with Crippen molar-refractivity contribution in [2.24, 2.45) is 5.41 Å². The molecule has 0 spiro atoms. The molecule has 2 N–H and O–H groups in total. The molecule has 41 heavy (non-hydrogen) atoms. The van der Waals surface area contributed by atoms with Crippen LogP contribution in [0, 0.1) is 5.41 Å². The fraction of sp³-hybridized carbons (Fsp3) is 0.515. The van der Waals surface area contributed by atoms with Gasteiger partial charge in [0.25, 0.3) is 0 Å². The molecule has 0 radical (unpaired) electrons. The van der Waals surface area contributed by atoms with Crippen LogP contribution >= 0.6 is 0 Å². The van der Waals surface area contributed by atoms with Crippen LogP contribution in [0.1, 0.15) is 54.9 Å². The number of fused-ring (bicyclic) bond motifs is 1. The number of aliphatic hydroxyl groups excluding tert-OH is 1. The molecule has 2 fully saturated rings. The van der Waals surface area contributed by atoms with Crippen LogP contribution < -0.4 is 4.74 Å². The Morgan fingerprint density at radius 3 is 2.54 bits per heavy atom. The fourth-order valence-electron chi connectivity index (χ4n) is 6.36. The van der Waals surface area contributed by atoms with Gasteiger partial charge in [-0.1, -0.05) is 30.3 Å². The predicted octanol–water partition coefficient (Wildman–Crippen LogP) is 4.69. The quantitative estimate of drug-likeness (QED) is 0.329. The summed E-state index contributed by atoms with van der Waals surface area (Å²) in [7, 11) is 1.63. The second kappa shape index (κ2) is 13.7. The van der Waals surface area contributed by atoms with Gasteiger partial charge in [0, 0.05) is 31.2 Å². The monoisotopic (exact) mass is 561 g/mol. The van der Waals surface area contributed by atoms with Crippen LogP contribution in [-0.2, 0) is 22.5 Å². The summed E-state index contributed by atoms with van der Waals surface area (Å²) in [6.07, 6.45) is 5.18. The molecule has 0 unspecified atom stereocenters. The minimum Gasteiger partial charge on any atom is -0.497 e. The van der Waals surface area contributed by atoms with Crippen molar-refractivity contribution in [2.45, 2.75) is 51.2 Å². The zero-order valence-electron chi connectivity index (χ0n) is 24.1. The summed E-state index contributed by atoms with van der Waals surface area (Å²) < 4.78 is 11.0. The maximum Gasteiger partial charge on any atom is 0.309 e. The van der Waals surface area contributed by atoms with Crippen molar-refractivity contribution < 1.29 is 24.5 Å². The molecule has 0 amide bonds. The van der Waals surface area contributed by atoms with Gasteiger partial charge >= 0.3 is 5.97 Å². The second-order valence-corrected chi connectivity index (χ2v) is 11.5. The lowest BCUT2D eigenvalue weighted by Crippen LogP contribution is -2.44. The third-order valence-electron chi connectivity index (χ3n) is 8.98. The van der Waals surface area contributed by atoms with Crippen molar-refractivity contribution in [1.82, 2.24) is 14.8 Å². The summed E-state index contributed by atoms with van der Waals surface area (Å²) in [5.41, 5.74) is 3.12. The van der Waals surface area contributed by atoms with Crippen molar-refractivity contribution in [3.05, 3.63) is 71.4 Å². The van der Waals surface area contributed by atoms with Gasteiger partial charge < -0.3 is 24.6 Å². The highest BCUT2D eigenvalue weighted by atomic mass is 16.5. The smallest absolute Gasteiger partial charge is 0.309 e. The molecule has 0 bridgehead atoms. The molecule has 5 rings (SSSR count). The van der Waals surface area contributed by atoms with Crippen LogP contribution in [-0.4, -0.2) is 84.0 Å². The number of nitrogens with zero attached hydrogens (tertiary/aromatic N) is 3. The first-order valence-electron chi connectivity index (χ1n) is 14.9. The van der Waals surface area contributed by atoms with E-state index < -0.39 is 17.5 Å². The number of aromatic nitrogens is 1. The normalized spacial score (nSPS) is 18.8. The van der Waals surface area contributed by atoms with Crippen molar-refractivity contribution in [1.29, 1.82) is 0 Å². The van der Waals surface area contributed by atoms with E-state index >= 15 is 0 Å². The predicted molar refractivity (Wildman–Crippen MR) is 159 cm³/mol. The molecule has 2 saturated heterocycles. The van der Waals surface area contributed by atoms with E-state index in [0.29, 0.717) is 51.2 Å². The molecule has 3 heterocycles. The molecular formula is C33H43N3O5. The fourth-order valence-corrected chi connectivity index (χ4v) is 6.36. The first kappa shape index (κ1) is 29.5. The minimum absolute atomic E-state index is 0.382. The lowest BCUT2D eigenvalue weighted by molar-refractivity contribution is -0.153. The number of aryl methyl sites for hydroxylation is 1. The summed E-state index contributed by atoms with van der Waals surface area (Å²) in [4.78, 5) is 22.0. The number of hydrogen-bond acceptors (Lipinski definition) is 7. The minimum atomic E-state index is -0.818. The summed E-state index contributed by atoms with van der Waals surface area (Å²) >= 11 is 0. The molecule has 1 atom stereocenters. The number of methoxy groups -OCH3 is 1. The summed E-state index contributed by atoms with van der Waals surface area (Å²) in [6.45, 7) is 6.23.